The van der Waals surface area contributed by atoms with Crippen LogP contribution in [0.15, 0.2) is 61.2 Å². The van der Waals surface area contributed by atoms with Gasteiger partial charge in [0.1, 0.15) is 11.6 Å². The molecule has 6 aromatic rings. The van der Waals surface area contributed by atoms with Crippen molar-refractivity contribution in [2.24, 2.45) is 5.73 Å². The zero-order chi connectivity index (χ0) is 26.5. The first kappa shape index (κ1) is 23.4. The van der Waals surface area contributed by atoms with Crippen LogP contribution in [-0.2, 0) is 6.54 Å². The van der Waals surface area contributed by atoms with Crippen molar-refractivity contribution in [3.63, 3.8) is 0 Å². The Bertz CT molecular complexity index is 1840. The molecule has 1 aliphatic heterocycles. The average molecular weight is 521 g/mol. The highest BCUT2D eigenvalue weighted by atomic mass is 19.1. The minimum absolute atomic E-state index is 0.172. The van der Waals surface area contributed by atoms with E-state index in [0.717, 1.165) is 69.0 Å². The van der Waals surface area contributed by atoms with Crippen molar-refractivity contribution in [1.82, 2.24) is 40.4 Å². The van der Waals surface area contributed by atoms with Crippen LogP contribution in [0, 0.1) is 5.82 Å². The van der Waals surface area contributed by atoms with E-state index in [0.29, 0.717) is 17.9 Å². The number of fused-ring (bicyclic) bond motifs is 2. The van der Waals surface area contributed by atoms with E-state index in [4.69, 9.17) is 10.7 Å². The van der Waals surface area contributed by atoms with E-state index < -0.39 is 0 Å². The second-order valence-electron chi connectivity index (χ2n) is 9.80. The van der Waals surface area contributed by atoms with E-state index in [1.165, 1.54) is 12.1 Å². The number of halogens is 1. The molecule has 0 amide bonds. The standard InChI is InChI=1S/C28H25FN10/c1-31-9-15-4-16(6-18(29)5-15)26-20-8-23(35-22(20)2-3-33-26)27-21-7-17(10-34-28(21)38-37-27)24-11-32-12-25(36-24)39-13-19(30)14-39/h2-8,10-12,19,31,35H,9,13-14,30H2,1H3,(H,34,37,38). The summed E-state index contributed by atoms with van der Waals surface area (Å²) in [6.45, 7) is 2.10. The molecular weight excluding hydrogens is 495 g/mol. The molecule has 1 aromatic carbocycles. The molecule has 1 fully saturated rings. The highest BCUT2D eigenvalue weighted by molar-refractivity contribution is 6.00. The molecule has 39 heavy (non-hydrogen) atoms. The normalized spacial score (nSPS) is 13.9. The van der Waals surface area contributed by atoms with E-state index in [2.05, 4.69) is 40.3 Å². The summed E-state index contributed by atoms with van der Waals surface area (Å²) in [6.07, 6.45) is 6.96. The van der Waals surface area contributed by atoms with Crippen LogP contribution in [0.3, 0.4) is 0 Å². The largest absolute Gasteiger partial charge is 0.353 e. The maximum atomic E-state index is 14.4. The van der Waals surface area contributed by atoms with Crippen molar-refractivity contribution >= 4 is 27.8 Å². The van der Waals surface area contributed by atoms with Crippen molar-refractivity contribution in [3.05, 3.63) is 72.6 Å². The summed E-state index contributed by atoms with van der Waals surface area (Å²) < 4.78 is 14.4. The van der Waals surface area contributed by atoms with E-state index >= 15 is 0 Å². The Kier molecular flexibility index (Phi) is 5.53. The monoisotopic (exact) mass is 520 g/mol. The lowest BCUT2D eigenvalue weighted by atomic mass is 10.0. The van der Waals surface area contributed by atoms with E-state index in [-0.39, 0.29) is 11.9 Å². The minimum atomic E-state index is -0.297. The lowest BCUT2D eigenvalue weighted by molar-refractivity contribution is 0.514. The maximum absolute atomic E-state index is 14.4. The lowest BCUT2D eigenvalue weighted by Gasteiger charge is -2.37. The van der Waals surface area contributed by atoms with E-state index in [9.17, 15) is 4.39 Å². The summed E-state index contributed by atoms with van der Waals surface area (Å²) in [6, 6.07) is 11.1. The van der Waals surface area contributed by atoms with Gasteiger partial charge in [-0.25, -0.2) is 14.4 Å². The molecule has 0 atom stereocenters. The Labute approximate surface area is 222 Å². The molecule has 5 N–H and O–H groups in total. The van der Waals surface area contributed by atoms with Gasteiger partial charge in [-0.15, -0.1) is 0 Å². The number of rotatable bonds is 6. The third-order valence-electron chi connectivity index (χ3n) is 6.99. The third kappa shape index (κ3) is 4.17. The summed E-state index contributed by atoms with van der Waals surface area (Å²) >= 11 is 0. The summed E-state index contributed by atoms with van der Waals surface area (Å²) in [5.41, 5.74) is 12.8. The Morgan fingerprint density at radius 3 is 2.79 bits per heavy atom. The van der Waals surface area contributed by atoms with Gasteiger partial charge in [0, 0.05) is 65.5 Å². The van der Waals surface area contributed by atoms with Crippen molar-refractivity contribution in [2.75, 3.05) is 25.0 Å². The first-order valence-electron chi connectivity index (χ1n) is 12.7. The molecule has 0 radical (unpaired) electrons. The van der Waals surface area contributed by atoms with Crippen LogP contribution < -0.4 is 16.0 Å². The first-order valence-corrected chi connectivity index (χ1v) is 12.7. The molecule has 6 heterocycles. The Hall–Kier alpha value is -4.74. The number of pyridine rings is 2. The molecular formula is C28H25FN10. The molecule has 5 aromatic heterocycles. The van der Waals surface area contributed by atoms with Crippen molar-refractivity contribution in [2.45, 2.75) is 12.6 Å². The number of nitrogens with two attached hydrogens (primary N) is 1. The molecule has 0 spiro atoms. The SMILES string of the molecule is CNCc1cc(F)cc(-c2nccc3[nH]c(-c4[nH]nc5ncc(-c6cncc(N7CC(N)C7)n6)cc45)cc23)c1. The highest BCUT2D eigenvalue weighted by Crippen LogP contribution is 2.34. The van der Waals surface area contributed by atoms with Crippen LogP contribution >= 0.6 is 0 Å². The first-order chi connectivity index (χ1) is 19.1. The quantitative estimate of drug-likeness (QED) is 0.261. The molecule has 11 heteroatoms. The Morgan fingerprint density at radius 1 is 1.05 bits per heavy atom. The fraction of sp³-hybridized carbons (Fsp3) is 0.179. The molecule has 0 unspecified atom stereocenters. The van der Waals surface area contributed by atoms with E-state index in [1.807, 2.05) is 31.3 Å². The molecule has 10 nitrogen and oxygen atoms in total. The lowest BCUT2D eigenvalue weighted by Crippen LogP contribution is -2.56. The topological polar surface area (TPSA) is 137 Å². The van der Waals surface area contributed by atoms with Gasteiger partial charge in [0.25, 0.3) is 0 Å². The second-order valence-corrected chi connectivity index (χ2v) is 9.80. The average Bonchev–Trinajstić information content (AvgIpc) is 3.55. The molecule has 1 aliphatic rings. The zero-order valence-corrected chi connectivity index (χ0v) is 21.1. The van der Waals surface area contributed by atoms with Gasteiger partial charge >= 0.3 is 0 Å². The fourth-order valence-electron chi connectivity index (χ4n) is 5.10. The number of nitrogens with zero attached hydrogens (tertiary/aromatic N) is 6. The Balaban J connectivity index is 1.29. The fourth-order valence-corrected chi connectivity index (χ4v) is 5.10. The number of hydrogen-bond donors (Lipinski definition) is 4. The predicted molar refractivity (Wildman–Crippen MR) is 148 cm³/mol. The number of aromatic amines is 2. The minimum Gasteiger partial charge on any atom is -0.353 e. The van der Waals surface area contributed by atoms with Crippen LogP contribution in [0.5, 0.6) is 0 Å². The van der Waals surface area contributed by atoms with Gasteiger partial charge in [0.15, 0.2) is 5.65 Å². The summed E-state index contributed by atoms with van der Waals surface area (Å²) in [5, 5.41) is 12.3. The highest BCUT2D eigenvalue weighted by Gasteiger charge is 2.25. The number of benzene rings is 1. The van der Waals surface area contributed by atoms with Gasteiger partial charge in [0.2, 0.25) is 0 Å². The number of H-pyrrole nitrogens is 2. The maximum Gasteiger partial charge on any atom is 0.181 e. The molecule has 7 rings (SSSR count). The number of hydrogen-bond acceptors (Lipinski definition) is 8. The van der Waals surface area contributed by atoms with Crippen molar-refractivity contribution < 1.29 is 4.39 Å². The van der Waals surface area contributed by atoms with E-state index in [1.54, 1.807) is 24.8 Å². The van der Waals surface area contributed by atoms with Gasteiger partial charge < -0.3 is 20.9 Å². The zero-order valence-electron chi connectivity index (χ0n) is 21.1. The van der Waals surface area contributed by atoms with Crippen LogP contribution in [0.25, 0.3) is 55.8 Å². The van der Waals surface area contributed by atoms with Crippen molar-refractivity contribution in [1.29, 1.82) is 0 Å². The van der Waals surface area contributed by atoms with Crippen LogP contribution in [0.1, 0.15) is 5.56 Å². The van der Waals surface area contributed by atoms with Crippen LogP contribution in [-0.4, -0.2) is 61.3 Å². The third-order valence-corrected chi connectivity index (χ3v) is 6.99. The number of aromatic nitrogens is 7. The van der Waals surface area contributed by atoms with Gasteiger partial charge in [-0.05, 0) is 49.0 Å². The van der Waals surface area contributed by atoms with Gasteiger partial charge in [-0.3, -0.25) is 15.1 Å². The van der Waals surface area contributed by atoms with Gasteiger partial charge in [-0.2, -0.15) is 5.10 Å². The number of nitrogens with one attached hydrogen (secondary N) is 3. The number of anilines is 1. The molecule has 0 aliphatic carbocycles. The molecule has 0 bridgehead atoms. The van der Waals surface area contributed by atoms with Crippen LogP contribution in [0.4, 0.5) is 10.2 Å². The van der Waals surface area contributed by atoms with Crippen LogP contribution in [0.2, 0.25) is 0 Å². The Morgan fingerprint density at radius 2 is 1.95 bits per heavy atom. The predicted octanol–water partition coefficient (Wildman–Crippen LogP) is 3.63. The molecule has 194 valence electrons. The summed E-state index contributed by atoms with van der Waals surface area (Å²) in [5.74, 6) is 0.502. The molecule has 1 saturated heterocycles. The van der Waals surface area contributed by atoms with Gasteiger partial charge in [-0.1, -0.05) is 0 Å². The molecule has 0 saturated carbocycles. The van der Waals surface area contributed by atoms with Gasteiger partial charge in [0.05, 0.1) is 35.2 Å². The smallest absolute Gasteiger partial charge is 0.181 e. The summed E-state index contributed by atoms with van der Waals surface area (Å²) in [7, 11) is 1.84. The summed E-state index contributed by atoms with van der Waals surface area (Å²) in [4.78, 5) is 23.9. The van der Waals surface area contributed by atoms with Crippen molar-refractivity contribution in [3.8, 4) is 33.9 Å². The second kappa shape index (κ2) is 9.22.